The van der Waals surface area contributed by atoms with Gasteiger partial charge in [0.25, 0.3) is 10.0 Å². The Hall–Kier alpha value is -2.96. The van der Waals surface area contributed by atoms with Gasteiger partial charge in [-0.15, -0.1) is 0 Å². The van der Waals surface area contributed by atoms with E-state index in [1.54, 1.807) is 24.3 Å². The normalized spacial score (nSPS) is 21.1. The second-order valence-electron chi connectivity index (χ2n) is 8.59. The number of hydrogen-bond acceptors (Lipinski definition) is 4. The van der Waals surface area contributed by atoms with Gasteiger partial charge in [-0.1, -0.05) is 42.0 Å². The summed E-state index contributed by atoms with van der Waals surface area (Å²) in [4.78, 5) is 0.229. The molecule has 5 rings (SSSR count). The molecule has 1 aliphatic carbocycles. The SMILES string of the molecule is COc1ccc(C)cc1NS(=O)(=O)c1ccc2c(c1)[C@H]1C=CC[C@H]1[C@@H](c1cccc(Cl)c1)N2. The highest BCUT2D eigenvalue weighted by molar-refractivity contribution is 7.92. The van der Waals surface area contributed by atoms with Crippen LogP contribution in [0.4, 0.5) is 11.4 Å². The van der Waals surface area contributed by atoms with Crippen LogP contribution in [0, 0.1) is 12.8 Å². The Bertz CT molecular complexity index is 1350. The molecule has 2 aliphatic rings. The summed E-state index contributed by atoms with van der Waals surface area (Å²) < 4.78 is 34.6. The number of fused-ring (bicyclic) bond motifs is 3. The molecule has 7 heteroatoms. The first kappa shape index (κ1) is 21.9. The van der Waals surface area contributed by atoms with Crippen LogP contribution in [0.3, 0.4) is 0 Å². The lowest BCUT2D eigenvalue weighted by Crippen LogP contribution is -2.29. The molecule has 0 saturated carbocycles. The van der Waals surface area contributed by atoms with Crippen LogP contribution in [0.15, 0.2) is 77.7 Å². The summed E-state index contributed by atoms with van der Waals surface area (Å²) in [6.07, 6.45) is 5.29. The number of methoxy groups -OCH3 is 1. The van der Waals surface area contributed by atoms with Gasteiger partial charge in [0.1, 0.15) is 5.75 Å². The third-order valence-electron chi connectivity index (χ3n) is 6.45. The molecular formula is C26H25ClN2O3S. The van der Waals surface area contributed by atoms with Gasteiger partial charge in [0.05, 0.1) is 23.7 Å². The standard InChI is InChI=1S/C26H25ClN2O3S/c1-16-9-12-25(32-2)24(13-16)29-33(30,31)19-10-11-23-22(15-19)20-7-4-8-21(20)26(28-23)17-5-3-6-18(27)14-17/h3-7,9-15,20-21,26,28-29H,8H2,1-2H3/t20-,21+,26+/m0/s1. The van der Waals surface area contributed by atoms with Gasteiger partial charge in [0.15, 0.2) is 0 Å². The maximum atomic E-state index is 13.3. The molecule has 0 unspecified atom stereocenters. The van der Waals surface area contributed by atoms with Crippen molar-refractivity contribution in [2.45, 2.75) is 30.2 Å². The van der Waals surface area contributed by atoms with Gasteiger partial charge in [-0.2, -0.15) is 0 Å². The molecule has 33 heavy (non-hydrogen) atoms. The first-order chi connectivity index (χ1) is 15.9. The average Bonchev–Trinajstić information content (AvgIpc) is 3.28. The second kappa shape index (κ2) is 8.43. The monoisotopic (exact) mass is 480 g/mol. The highest BCUT2D eigenvalue weighted by Gasteiger charge is 2.38. The van der Waals surface area contributed by atoms with Crippen molar-refractivity contribution < 1.29 is 13.2 Å². The maximum Gasteiger partial charge on any atom is 0.262 e. The van der Waals surface area contributed by atoms with Crippen LogP contribution in [0.5, 0.6) is 5.75 Å². The summed E-state index contributed by atoms with van der Waals surface area (Å²) in [6, 6.07) is 18.7. The minimum absolute atomic E-state index is 0.105. The van der Waals surface area contributed by atoms with Gasteiger partial charge in [-0.05, 0) is 78.4 Å². The predicted octanol–water partition coefficient (Wildman–Crippen LogP) is 6.28. The molecule has 3 atom stereocenters. The number of rotatable bonds is 5. The van der Waals surface area contributed by atoms with Crippen LogP contribution in [0.2, 0.25) is 5.02 Å². The molecular weight excluding hydrogens is 456 g/mol. The number of ether oxygens (including phenoxy) is 1. The summed E-state index contributed by atoms with van der Waals surface area (Å²) in [5.41, 5.74) is 4.44. The Labute approximate surface area is 199 Å². The van der Waals surface area contributed by atoms with E-state index in [1.165, 1.54) is 7.11 Å². The Kier molecular flexibility index (Phi) is 5.59. The first-order valence-electron chi connectivity index (χ1n) is 10.9. The van der Waals surface area contributed by atoms with Crippen molar-refractivity contribution in [3.8, 4) is 5.75 Å². The topological polar surface area (TPSA) is 67.4 Å². The van der Waals surface area contributed by atoms with Crippen LogP contribution in [0.25, 0.3) is 0 Å². The highest BCUT2D eigenvalue weighted by Crippen LogP contribution is 2.50. The van der Waals surface area contributed by atoms with Crippen molar-refractivity contribution in [3.05, 3.63) is 94.5 Å². The molecule has 0 amide bonds. The smallest absolute Gasteiger partial charge is 0.262 e. The zero-order valence-corrected chi connectivity index (χ0v) is 20.0. The predicted molar refractivity (Wildman–Crippen MR) is 133 cm³/mol. The van der Waals surface area contributed by atoms with Crippen LogP contribution < -0.4 is 14.8 Å². The summed E-state index contributed by atoms with van der Waals surface area (Å²) in [5, 5.41) is 4.34. The van der Waals surface area contributed by atoms with Gasteiger partial charge in [-0.25, -0.2) is 8.42 Å². The summed E-state index contributed by atoms with van der Waals surface area (Å²) >= 11 is 6.25. The molecule has 1 aliphatic heterocycles. The summed E-state index contributed by atoms with van der Waals surface area (Å²) in [6.45, 7) is 1.91. The molecule has 0 radical (unpaired) electrons. The number of aryl methyl sites for hydroxylation is 1. The number of allylic oxidation sites excluding steroid dienone is 2. The van der Waals surface area contributed by atoms with Crippen molar-refractivity contribution in [3.63, 3.8) is 0 Å². The number of nitrogens with one attached hydrogen (secondary N) is 2. The van der Waals surface area contributed by atoms with Gasteiger partial charge in [-0.3, -0.25) is 4.72 Å². The molecule has 5 nitrogen and oxygen atoms in total. The Morgan fingerprint density at radius 2 is 1.94 bits per heavy atom. The zero-order chi connectivity index (χ0) is 23.2. The molecule has 0 spiro atoms. The van der Waals surface area contributed by atoms with E-state index in [0.717, 1.165) is 28.8 Å². The van der Waals surface area contributed by atoms with Gasteiger partial charge >= 0.3 is 0 Å². The fourth-order valence-corrected chi connectivity index (χ4v) is 6.17. The molecule has 2 N–H and O–H groups in total. The highest BCUT2D eigenvalue weighted by atomic mass is 35.5. The number of hydrogen-bond donors (Lipinski definition) is 2. The van der Waals surface area contributed by atoms with E-state index in [1.807, 2.05) is 37.3 Å². The second-order valence-corrected chi connectivity index (χ2v) is 10.7. The molecule has 0 aromatic heterocycles. The minimum atomic E-state index is -3.80. The van der Waals surface area contributed by atoms with Crippen LogP contribution >= 0.6 is 11.6 Å². The quantitative estimate of drug-likeness (QED) is 0.421. The molecule has 1 heterocycles. The fourth-order valence-electron chi connectivity index (χ4n) is 4.87. The molecule has 0 saturated heterocycles. The van der Waals surface area contributed by atoms with Crippen LogP contribution in [-0.4, -0.2) is 15.5 Å². The van der Waals surface area contributed by atoms with E-state index >= 15 is 0 Å². The fraction of sp³-hybridized carbons (Fsp3) is 0.231. The van der Waals surface area contributed by atoms with Crippen molar-refractivity contribution in [1.29, 1.82) is 0 Å². The maximum absolute atomic E-state index is 13.3. The Morgan fingerprint density at radius 3 is 2.73 bits per heavy atom. The number of anilines is 2. The minimum Gasteiger partial charge on any atom is -0.495 e. The van der Waals surface area contributed by atoms with Crippen molar-refractivity contribution >= 4 is 33.0 Å². The van der Waals surface area contributed by atoms with Crippen molar-refractivity contribution in [2.75, 3.05) is 17.1 Å². The first-order valence-corrected chi connectivity index (χ1v) is 12.7. The van der Waals surface area contributed by atoms with Crippen molar-refractivity contribution in [1.82, 2.24) is 0 Å². The third kappa shape index (κ3) is 4.09. The Morgan fingerprint density at radius 1 is 1.09 bits per heavy atom. The van der Waals surface area contributed by atoms with Gasteiger partial charge in [0.2, 0.25) is 0 Å². The van der Waals surface area contributed by atoms with E-state index < -0.39 is 10.0 Å². The van der Waals surface area contributed by atoms with E-state index in [-0.39, 0.29) is 16.9 Å². The van der Waals surface area contributed by atoms with E-state index in [4.69, 9.17) is 16.3 Å². The van der Waals surface area contributed by atoms with Crippen molar-refractivity contribution in [2.24, 2.45) is 5.92 Å². The van der Waals surface area contributed by atoms with Gasteiger partial charge in [0, 0.05) is 16.6 Å². The largest absolute Gasteiger partial charge is 0.495 e. The van der Waals surface area contributed by atoms with E-state index in [9.17, 15) is 8.42 Å². The average molecular weight is 481 g/mol. The molecule has 0 fully saturated rings. The Balaban J connectivity index is 1.50. The summed E-state index contributed by atoms with van der Waals surface area (Å²) in [7, 11) is -2.27. The molecule has 3 aromatic rings. The van der Waals surface area contributed by atoms with E-state index in [2.05, 4.69) is 28.3 Å². The number of halogens is 1. The molecule has 3 aromatic carbocycles. The number of sulfonamides is 1. The zero-order valence-electron chi connectivity index (χ0n) is 18.4. The van der Waals surface area contributed by atoms with Crippen LogP contribution in [-0.2, 0) is 10.0 Å². The van der Waals surface area contributed by atoms with Crippen LogP contribution in [0.1, 0.15) is 35.1 Å². The lowest BCUT2D eigenvalue weighted by Gasteiger charge is -2.37. The summed E-state index contributed by atoms with van der Waals surface area (Å²) in [5.74, 6) is 0.902. The molecule has 0 bridgehead atoms. The third-order valence-corrected chi connectivity index (χ3v) is 8.05. The molecule has 170 valence electrons. The van der Waals surface area contributed by atoms with E-state index in [0.29, 0.717) is 22.4 Å². The lowest BCUT2D eigenvalue weighted by atomic mass is 9.77. The number of benzene rings is 3. The lowest BCUT2D eigenvalue weighted by molar-refractivity contribution is 0.417. The van der Waals surface area contributed by atoms with Gasteiger partial charge < -0.3 is 10.1 Å².